The van der Waals surface area contributed by atoms with Crippen LogP contribution in [-0.4, -0.2) is 103 Å². The monoisotopic (exact) mass is 630 g/mol. The second-order valence-electron chi connectivity index (χ2n) is 11.5. The molecule has 2 aromatic carbocycles. The first-order valence-electron chi connectivity index (χ1n) is 15.5. The molecule has 2 saturated heterocycles. The van der Waals surface area contributed by atoms with Crippen molar-refractivity contribution in [2.45, 2.75) is 25.9 Å². The van der Waals surface area contributed by atoms with Crippen LogP contribution >= 0.6 is 0 Å². The normalized spacial score (nSPS) is 16.4. The number of imidazole rings is 1. The van der Waals surface area contributed by atoms with E-state index >= 15 is 0 Å². The van der Waals surface area contributed by atoms with Crippen LogP contribution in [-0.2, 0) is 17.9 Å². The Balaban J connectivity index is 1.15. The number of fused-ring (bicyclic) bond motifs is 2. The summed E-state index contributed by atoms with van der Waals surface area (Å²) in [6.45, 7) is 6.29. The molecular formula is C32H38N8O6. The zero-order valence-electron chi connectivity index (χ0n) is 26.3. The van der Waals surface area contributed by atoms with Crippen molar-refractivity contribution in [3.8, 4) is 28.7 Å². The molecule has 2 fully saturated rings. The van der Waals surface area contributed by atoms with Crippen LogP contribution < -0.4 is 33.9 Å². The van der Waals surface area contributed by atoms with Crippen molar-refractivity contribution in [2.75, 3.05) is 77.6 Å². The van der Waals surface area contributed by atoms with E-state index in [0.29, 0.717) is 65.4 Å². The van der Waals surface area contributed by atoms with Gasteiger partial charge in [0.2, 0.25) is 24.4 Å². The van der Waals surface area contributed by atoms with Crippen LogP contribution in [0.15, 0.2) is 36.7 Å². The molecule has 0 atom stereocenters. The minimum absolute atomic E-state index is 0.197. The lowest BCUT2D eigenvalue weighted by Crippen LogP contribution is -2.46. The smallest absolute Gasteiger partial charge is 0.231 e. The first kappa shape index (κ1) is 29.7. The predicted molar refractivity (Wildman–Crippen MR) is 171 cm³/mol. The van der Waals surface area contributed by atoms with Crippen LogP contribution in [0.25, 0.3) is 11.2 Å². The topological polar surface area (TPSA) is 129 Å². The SMILES string of the molecule is COc1cc(Nc2nc(N3CCN(Cc4ccc5c(c4)OCO5)CC3)nc3c2ncn3CCN2CCCC2=O)cc(OC)c1OC. The third-order valence-corrected chi connectivity index (χ3v) is 8.66. The highest BCUT2D eigenvalue weighted by molar-refractivity contribution is 5.87. The van der Waals surface area contributed by atoms with E-state index in [-0.39, 0.29) is 12.7 Å². The minimum atomic E-state index is 0.197. The van der Waals surface area contributed by atoms with Gasteiger partial charge in [0.15, 0.2) is 40.0 Å². The van der Waals surface area contributed by atoms with E-state index in [1.165, 1.54) is 5.56 Å². The van der Waals surface area contributed by atoms with E-state index < -0.39 is 0 Å². The lowest BCUT2D eigenvalue weighted by atomic mass is 10.1. The highest BCUT2D eigenvalue weighted by Crippen LogP contribution is 2.41. The van der Waals surface area contributed by atoms with E-state index in [1.54, 1.807) is 27.7 Å². The quantitative estimate of drug-likeness (QED) is 0.261. The Hall–Kier alpha value is -4.98. The summed E-state index contributed by atoms with van der Waals surface area (Å²) >= 11 is 0. The Kier molecular flexibility index (Phi) is 8.26. The van der Waals surface area contributed by atoms with Crippen molar-refractivity contribution < 1.29 is 28.5 Å². The van der Waals surface area contributed by atoms with Crippen molar-refractivity contribution in [1.29, 1.82) is 0 Å². The number of aromatic nitrogens is 4. The number of nitrogens with one attached hydrogen (secondary N) is 1. The summed E-state index contributed by atoms with van der Waals surface area (Å²) in [6.07, 6.45) is 3.28. The maximum Gasteiger partial charge on any atom is 0.231 e. The molecule has 1 amide bonds. The zero-order valence-corrected chi connectivity index (χ0v) is 26.3. The molecule has 14 heteroatoms. The van der Waals surface area contributed by atoms with E-state index in [9.17, 15) is 4.79 Å². The lowest BCUT2D eigenvalue weighted by Gasteiger charge is -2.35. The van der Waals surface area contributed by atoms with Crippen molar-refractivity contribution in [1.82, 2.24) is 29.3 Å². The zero-order chi connectivity index (χ0) is 31.6. The van der Waals surface area contributed by atoms with Gasteiger partial charge in [-0.1, -0.05) is 6.07 Å². The Labute approximate surface area is 266 Å². The molecular weight excluding hydrogens is 592 g/mol. The maximum atomic E-state index is 12.3. The number of carbonyl (C=O) groups excluding carboxylic acids is 1. The average Bonchev–Trinajstić information content (AvgIpc) is 3.83. The van der Waals surface area contributed by atoms with Crippen LogP contribution in [0, 0.1) is 0 Å². The number of hydrogen-bond acceptors (Lipinski definition) is 12. The van der Waals surface area contributed by atoms with Gasteiger partial charge < -0.3 is 43.4 Å². The number of amides is 1. The molecule has 0 bridgehead atoms. The van der Waals surface area contributed by atoms with E-state index in [1.807, 2.05) is 27.7 Å². The average molecular weight is 631 g/mol. The van der Waals surface area contributed by atoms with Gasteiger partial charge in [-0.15, -0.1) is 0 Å². The summed E-state index contributed by atoms with van der Waals surface area (Å²) < 4.78 is 29.7. The van der Waals surface area contributed by atoms with Crippen molar-refractivity contribution in [3.05, 3.63) is 42.2 Å². The second-order valence-corrected chi connectivity index (χ2v) is 11.5. The number of hydrogen-bond donors (Lipinski definition) is 1. The summed E-state index contributed by atoms with van der Waals surface area (Å²) in [5.41, 5.74) is 3.22. The standard InChI is InChI=1S/C32H38N8O6/c1-42-25-16-22(17-26(43-2)29(25)44-3)34-30-28-31(40(19-33-28)14-13-38-8-4-5-27(38)41)36-32(35-30)39-11-9-37(10-12-39)18-21-6-7-23-24(15-21)46-20-45-23/h6-7,15-17,19H,4-5,8-14,18,20H2,1-3H3,(H,34,35,36). The molecule has 242 valence electrons. The van der Waals surface area contributed by atoms with Crippen LogP contribution in [0.5, 0.6) is 28.7 Å². The minimum Gasteiger partial charge on any atom is -0.493 e. The molecule has 14 nitrogen and oxygen atoms in total. The number of nitrogens with zero attached hydrogens (tertiary/aromatic N) is 7. The van der Waals surface area contributed by atoms with Gasteiger partial charge in [0.1, 0.15) is 0 Å². The molecule has 46 heavy (non-hydrogen) atoms. The molecule has 4 aromatic rings. The Morgan fingerprint density at radius 2 is 1.67 bits per heavy atom. The Morgan fingerprint density at radius 1 is 0.891 bits per heavy atom. The fraction of sp³-hybridized carbons (Fsp3) is 0.438. The van der Waals surface area contributed by atoms with E-state index in [2.05, 4.69) is 27.2 Å². The molecule has 0 aliphatic carbocycles. The molecule has 3 aliphatic heterocycles. The molecule has 0 radical (unpaired) electrons. The fourth-order valence-corrected chi connectivity index (χ4v) is 6.19. The number of rotatable bonds is 11. The number of likely N-dealkylation sites (tertiary alicyclic amines) is 1. The summed E-state index contributed by atoms with van der Waals surface area (Å²) in [4.78, 5) is 33.5. The predicted octanol–water partition coefficient (Wildman–Crippen LogP) is 3.27. The van der Waals surface area contributed by atoms with Gasteiger partial charge in [0.25, 0.3) is 0 Å². The maximum absolute atomic E-state index is 12.3. The summed E-state index contributed by atoms with van der Waals surface area (Å²) in [6, 6.07) is 9.79. The highest BCUT2D eigenvalue weighted by Gasteiger charge is 2.25. The Morgan fingerprint density at radius 3 is 2.39 bits per heavy atom. The summed E-state index contributed by atoms with van der Waals surface area (Å²) in [7, 11) is 4.74. The number of anilines is 3. The molecule has 0 saturated carbocycles. The van der Waals surface area contributed by atoms with Crippen LogP contribution in [0.1, 0.15) is 18.4 Å². The van der Waals surface area contributed by atoms with E-state index in [4.69, 9.17) is 38.6 Å². The number of ether oxygens (including phenoxy) is 5. The van der Waals surface area contributed by atoms with E-state index in [0.717, 1.165) is 57.2 Å². The Bertz CT molecular complexity index is 1710. The third kappa shape index (κ3) is 5.87. The molecule has 3 aliphatic rings. The summed E-state index contributed by atoms with van der Waals surface area (Å²) in [5, 5.41) is 3.44. The van der Waals surface area contributed by atoms with Crippen LogP contribution in [0.3, 0.4) is 0 Å². The van der Waals surface area contributed by atoms with Gasteiger partial charge in [-0.2, -0.15) is 9.97 Å². The van der Waals surface area contributed by atoms with Crippen molar-refractivity contribution in [3.63, 3.8) is 0 Å². The van der Waals surface area contributed by atoms with Crippen LogP contribution in [0.4, 0.5) is 17.5 Å². The molecule has 0 spiro atoms. The molecule has 7 rings (SSSR count). The summed E-state index contributed by atoms with van der Waals surface area (Å²) in [5.74, 6) is 4.52. The first-order valence-corrected chi connectivity index (χ1v) is 15.5. The van der Waals surface area contributed by atoms with Gasteiger partial charge >= 0.3 is 0 Å². The van der Waals surface area contributed by atoms with Crippen molar-refractivity contribution >= 4 is 34.5 Å². The molecule has 5 heterocycles. The number of piperazine rings is 1. The number of methoxy groups -OCH3 is 3. The third-order valence-electron chi connectivity index (χ3n) is 8.66. The first-order chi connectivity index (χ1) is 22.5. The highest BCUT2D eigenvalue weighted by atomic mass is 16.7. The van der Waals surface area contributed by atoms with Gasteiger partial charge in [0.05, 0.1) is 27.7 Å². The molecule has 0 unspecified atom stereocenters. The molecule has 2 aromatic heterocycles. The number of benzene rings is 2. The van der Waals surface area contributed by atoms with Gasteiger partial charge in [-0.3, -0.25) is 9.69 Å². The van der Waals surface area contributed by atoms with Gasteiger partial charge in [0, 0.05) is 76.6 Å². The second kappa shape index (κ2) is 12.8. The number of carbonyl (C=O) groups is 1. The van der Waals surface area contributed by atoms with Crippen LogP contribution in [0.2, 0.25) is 0 Å². The fourth-order valence-electron chi connectivity index (χ4n) is 6.19. The van der Waals surface area contributed by atoms with Gasteiger partial charge in [-0.25, -0.2) is 4.98 Å². The van der Waals surface area contributed by atoms with Crippen molar-refractivity contribution in [2.24, 2.45) is 0 Å². The van der Waals surface area contributed by atoms with Gasteiger partial charge in [-0.05, 0) is 24.1 Å². The lowest BCUT2D eigenvalue weighted by molar-refractivity contribution is -0.127. The largest absolute Gasteiger partial charge is 0.493 e. The molecule has 1 N–H and O–H groups in total.